The first-order valence-corrected chi connectivity index (χ1v) is 10.4. The van der Waals surface area contributed by atoms with Gasteiger partial charge in [-0.25, -0.2) is 0 Å². The molecule has 2 bridgehead atoms. The van der Waals surface area contributed by atoms with Crippen LogP contribution < -0.4 is 0 Å². The standard InChI is InChI=1S/C22H16Cl2N2O3/c23-16-3-1-2-13(20(16)24)17-7-4-10(29-17)9-25-26-21(27)18-11-5-6-12(15-8-14(11)15)19(18)22(26)28/h1-7,9,11-12,14-15,18-19H,8H2/b25-9-/t11-,12-,14-,15-,18-,19+/m1/s1. The molecule has 2 heterocycles. The van der Waals surface area contributed by atoms with E-state index in [2.05, 4.69) is 17.3 Å². The Balaban J connectivity index is 1.26. The molecule has 1 saturated heterocycles. The summed E-state index contributed by atoms with van der Waals surface area (Å²) in [7, 11) is 0. The Labute approximate surface area is 177 Å². The van der Waals surface area contributed by atoms with Gasteiger partial charge in [0.15, 0.2) is 0 Å². The number of carbonyl (C=O) groups excluding carboxylic acids is 2. The number of hydrogen-bond acceptors (Lipinski definition) is 4. The molecule has 7 heteroatoms. The smallest absolute Gasteiger partial charge is 0.254 e. The summed E-state index contributed by atoms with van der Waals surface area (Å²) in [5.74, 6) is 1.59. The number of nitrogens with zero attached hydrogens (tertiary/aromatic N) is 2. The number of furan rings is 1. The lowest BCUT2D eigenvalue weighted by Crippen LogP contribution is -2.40. The maximum atomic E-state index is 12.9. The summed E-state index contributed by atoms with van der Waals surface area (Å²) in [4.78, 5) is 25.9. The van der Waals surface area contributed by atoms with Gasteiger partial charge in [0.2, 0.25) is 0 Å². The summed E-state index contributed by atoms with van der Waals surface area (Å²) >= 11 is 12.3. The Bertz CT molecular complexity index is 1090. The van der Waals surface area contributed by atoms with Crippen LogP contribution in [0.25, 0.3) is 11.3 Å². The fourth-order valence-corrected chi connectivity index (χ4v) is 5.82. The summed E-state index contributed by atoms with van der Waals surface area (Å²) in [6.45, 7) is 0. The van der Waals surface area contributed by atoms with Crippen molar-refractivity contribution in [3.8, 4) is 11.3 Å². The first-order valence-electron chi connectivity index (χ1n) is 9.69. The minimum atomic E-state index is -0.254. The molecule has 0 spiro atoms. The number of halogens is 2. The highest BCUT2D eigenvalue weighted by Crippen LogP contribution is 2.65. The lowest BCUT2D eigenvalue weighted by Gasteiger charge is -2.37. The quantitative estimate of drug-likeness (QED) is 0.407. The van der Waals surface area contributed by atoms with Gasteiger partial charge in [0.05, 0.1) is 28.1 Å². The summed E-state index contributed by atoms with van der Waals surface area (Å²) in [6, 6.07) is 8.77. The monoisotopic (exact) mass is 426 g/mol. The highest BCUT2D eigenvalue weighted by Gasteiger charge is 2.67. The molecule has 0 N–H and O–H groups in total. The van der Waals surface area contributed by atoms with E-state index >= 15 is 0 Å². The molecular weight excluding hydrogens is 411 g/mol. The minimum Gasteiger partial charge on any atom is -0.455 e. The Kier molecular flexibility index (Phi) is 3.66. The molecule has 2 amide bonds. The normalized spacial score (nSPS) is 34.2. The number of hydrogen-bond donors (Lipinski definition) is 0. The van der Waals surface area contributed by atoms with Crippen molar-refractivity contribution in [1.29, 1.82) is 0 Å². The van der Waals surface area contributed by atoms with E-state index in [1.807, 2.05) is 0 Å². The molecule has 4 aliphatic carbocycles. The second-order valence-electron chi connectivity index (χ2n) is 8.19. The number of benzene rings is 1. The van der Waals surface area contributed by atoms with Crippen LogP contribution in [0.15, 0.2) is 52.0 Å². The topological polar surface area (TPSA) is 62.9 Å². The maximum absolute atomic E-state index is 12.9. The van der Waals surface area contributed by atoms with E-state index in [0.717, 1.165) is 11.4 Å². The van der Waals surface area contributed by atoms with Crippen LogP contribution in [-0.4, -0.2) is 23.0 Å². The van der Waals surface area contributed by atoms with Gasteiger partial charge in [-0.05, 0) is 54.4 Å². The van der Waals surface area contributed by atoms with Crippen molar-refractivity contribution in [2.75, 3.05) is 0 Å². The van der Waals surface area contributed by atoms with Gasteiger partial charge in [0.25, 0.3) is 11.8 Å². The van der Waals surface area contributed by atoms with Crippen molar-refractivity contribution in [2.45, 2.75) is 6.42 Å². The average molecular weight is 427 g/mol. The van der Waals surface area contributed by atoms with Crippen LogP contribution >= 0.6 is 23.2 Å². The molecule has 5 nitrogen and oxygen atoms in total. The van der Waals surface area contributed by atoms with E-state index in [1.165, 1.54) is 6.21 Å². The maximum Gasteiger partial charge on any atom is 0.254 e. The summed E-state index contributed by atoms with van der Waals surface area (Å²) in [6.07, 6.45) is 6.84. The third-order valence-corrected chi connectivity index (χ3v) is 7.60. The first-order chi connectivity index (χ1) is 14.0. The molecule has 1 aromatic heterocycles. The van der Waals surface area contributed by atoms with Crippen LogP contribution in [-0.2, 0) is 9.59 Å². The Hall–Kier alpha value is -2.37. The number of hydrazone groups is 1. The van der Waals surface area contributed by atoms with Gasteiger partial charge >= 0.3 is 0 Å². The number of allylic oxidation sites excluding steroid dienone is 2. The molecule has 0 unspecified atom stereocenters. The fraction of sp³-hybridized carbons (Fsp3) is 0.318. The molecule has 7 rings (SSSR count). The van der Waals surface area contributed by atoms with Crippen molar-refractivity contribution >= 4 is 41.2 Å². The van der Waals surface area contributed by atoms with Gasteiger partial charge in [-0.2, -0.15) is 10.1 Å². The number of rotatable bonds is 3. The van der Waals surface area contributed by atoms with Gasteiger partial charge in [-0.15, -0.1) is 0 Å². The lowest BCUT2D eigenvalue weighted by molar-refractivity contribution is -0.140. The molecule has 2 saturated carbocycles. The lowest BCUT2D eigenvalue weighted by atomic mass is 9.63. The third kappa shape index (κ3) is 2.44. The van der Waals surface area contributed by atoms with E-state index in [-0.39, 0.29) is 35.5 Å². The van der Waals surface area contributed by atoms with Crippen molar-refractivity contribution < 1.29 is 14.0 Å². The average Bonchev–Trinajstić information content (AvgIpc) is 3.36. The molecule has 29 heavy (non-hydrogen) atoms. The molecular formula is C22H16Cl2N2O3. The van der Waals surface area contributed by atoms with Crippen LogP contribution in [0.4, 0.5) is 0 Å². The van der Waals surface area contributed by atoms with Crippen LogP contribution in [0.1, 0.15) is 12.2 Å². The van der Waals surface area contributed by atoms with E-state index in [9.17, 15) is 9.59 Å². The van der Waals surface area contributed by atoms with Gasteiger partial charge in [0.1, 0.15) is 11.5 Å². The van der Waals surface area contributed by atoms with Crippen molar-refractivity contribution in [3.63, 3.8) is 0 Å². The Morgan fingerprint density at radius 3 is 2.38 bits per heavy atom. The van der Waals surface area contributed by atoms with Crippen LogP contribution in [0.5, 0.6) is 0 Å². The largest absolute Gasteiger partial charge is 0.455 e. The van der Waals surface area contributed by atoms with Gasteiger partial charge in [-0.3, -0.25) is 9.59 Å². The van der Waals surface area contributed by atoms with Gasteiger partial charge < -0.3 is 4.42 Å². The first kappa shape index (κ1) is 17.5. The molecule has 2 aromatic rings. The Morgan fingerprint density at radius 1 is 1.00 bits per heavy atom. The molecule has 6 atom stereocenters. The SMILES string of the molecule is O=C1[C@@H]2[C@@H]3C=C[C@H]([C@H]4C[C@H]34)[C@@H]2C(=O)N1/N=C\c1ccc(-c2cccc(Cl)c2Cl)o1. The second-order valence-corrected chi connectivity index (χ2v) is 8.98. The van der Waals surface area contributed by atoms with Gasteiger partial charge in [-0.1, -0.05) is 41.4 Å². The molecule has 1 aromatic carbocycles. The zero-order valence-corrected chi connectivity index (χ0v) is 16.7. The highest BCUT2D eigenvalue weighted by molar-refractivity contribution is 6.43. The highest BCUT2D eigenvalue weighted by atomic mass is 35.5. The molecule has 3 fully saturated rings. The van der Waals surface area contributed by atoms with Gasteiger partial charge in [0, 0.05) is 5.56 Å². The zero-order chi connectivity index (χ0) is 19.9. The fourth-order valence-electron chi connectivity index (χ4n) is 5.43. The number of carbonyl (C=O) groups is 2. The second kappa shape index (κ2) is 6.07. The predicted octanol–water partition coefficient (Wildman–Crippen LogP) is 4.64. The Morgan fingerprint density at radius 2 is 1.69 bits per heavy atom. The molecule has 5 aliphatic rings. The van der Waals surface area contributed by atoms with Crippen molar-refractivity contribution in [1.82, 2.24) is 5.01 Å². The molecule has 1 aliphatic heterocycles. The van der Waals surface area contributed by atoms with Crippen molar-refractivity contribution in [2.24, 2.45) is 40.6 Å². The predicted molar refractivity (Wildman–Crippen MR) is 108 cm³/mol. The zero-order valence-electron chi connectivity index (χ0n) is 15.2. The number of imide groups is 1. The molecule has 146 valence electrons. The molecule has 0 radical (unpaired) electrons. The van der Waals surface area contributed by atoms with Crippen molar-refractivity contribution in [3.05, 3.63) is 58.3 Å². The van der Waals surface area contributed by atoms with E-state index in [1.54, 1.807) is 30.3 Å². The minimum absolute atomic E-state index is 0.187. The van der Waals surface area contributed by atoms with Crippen LogP contribution in [0, 0.1) is 35.5 Å². The summed E-state index contributed by atoms with van der Waals surface area (Å²) in [5, 5.41) is 6.08. The van der Waals surface area contributed by atoms with Crippen LogP contribution in [0.2, 0.25) is 10.0 Å². The van der Waals surface area contributed by atoms with E-state index in [0.29, 0.717) is 39.0 Å². The summed E-state index contributed by atoms with van der Waals surface area (Å²) < 4.78 is 5.78. The number of amides is 2. The summed E-state index contributed by atoms with van der Waals surface area (Å²) in [5.41, 5.74) is 0.667. The third-order valence-electron chi connectivity index (χ3n) is 6.78. The van der Waals surface area contributed by atoms with E-state index < -0.39 is 0 Å². The van der Waals surface area contributed by atoms with E-state index in [4.69, 9.17) is 27.6 Å². The van der Waals surface area contributed by atoms with Crippen LogP contribution in [0.3, 0.4) is 0 Å².